The van der Waals surface area contributed by atoms with Gasteiger partial charge in [-0.25, -0.2) is 0 Å². The number of rotatable bonds is 3. The number of pyridine rings is 1. The summed E-state index contributed by atoms with van der Waals surface area (Å²) in [5, 5.41) is 4.89. The summed E-state index contributed by atoms with van der Waals surface area (Å²) in [5.41, 5.74) is 6.54. The number of nitrogens with one attached hydrogen (secondary N) is 2. The molecular formula is C24H21N3O2. The Kier molecular flexibility index (Phi) is 4.16. The van der Waals surface area contributed by atoms with Crippen molar-refractivity contribution in [3.63, 3.8) is 0 Å². The van der Waals surface area contributed by atoms with Gasteiger partial charge < -0.3 is 10.3 Å². The zero-order valence-electron chi connectivity index (χ0n) is 16.2. The van der Waals surface area contributed by atoms with Crippen LogP contribution in [0.5, 0.6) is 0 Å². The third-order valence-corrected chi connectivity index (χ3v) is 5.55. The molecular weight excluding hydrogens is 362 g/mol. The molecule has 1 amide bonds. The van der Waals surface area contributed by atoms with Gasteiger partial charge in [-0.05, 0) is 36.6 Å². The molecule has 0 aliphatic heterocycles. The number of para-hydroxylation sites is 1. The van der Waals surface area contributed by atoms with Gasteiger partial charge in [0, 0.05) is 47.3 Å². The number of Topliss-reactive ketones (excluding diaryl/α,β-unsaturated/α-hetero) is 1. The Morgan fingerprint density at radius 3 is 2.69 bits per heavy atom. The molecule has 5 nitrogen and oxygen atoms in total. The normalized spacial score (nSPS) is 13.6. The molecule has 0 atom stereocenters. The largest absolute Gasteiger partial charge is 0.353 e. The number of aryl methyl sites for hydroxylation is 1. The minimum absolute atomic E-state index is 0.0847. The number of hydrogen-bond acceptors (Lipinski definition) is 3. The van der Waals surface area contributed by atoms with Crippen molar-refractivity contribution in [2.24, 2.45) is 0 Å². The fourth-order valence-electron chi connectivity index (χ4n) is 4.29. The van der Waals surface area contributed by atoms with Crippen LogP contribution in [0.4, 0.5) is 5.69 Å². The molecule has 0 saturated heterocycles. The first-order valence-electron chi connectivity index (χ1n) is 9.92. The van der Waals surface area contributed by atoms with Crippen molar-refractivity contribution in [1.29, 1.82) is 0 Å². The lowest BCUT2D eigenvalue weighted by Crippen LogP contribution is -2.14. The summed E-state index contributed by atoms with van der Waals surface area (Å²) in [6.07, 6.45) is 2.95. The smallest absolute Gasteiger partial charge is 0.221 e. The molecule has 0 radical (unpaired) electrons. The van der Waals surface area contributed by atoms with Crippen LogP contribution < -0.4 is 5.32 Å². The summed E-state index contributed by atoms with van der Waals surface area (Å²) in [6.45, 7) is 1.50. The highest BCUT2D eigenvalue weighted by molar-refractivity contribution is 6.19. The van der Waals surface area contributed by atoms with E-state index in [-0.39, 0.29) is 11.7 Å². The predicted molar refractivity (Wildman–Crippen MR) is 114 cm³/mol. The van der Waals surface area contributed by atoms with Crippen molar-refractivity contribution < 1.29 is 9.59 Å². The van der Waals surface area contributed by atoms with Crippen molar-refractivity contribution in [2.75, 3.05) is 5.32 Å². The van der Waals surface area contributed by atoms with Crippen molar-refractivity contribution in [1.82, 2.24) is 9.97 Å². The van der Waals surface area contributed by atoms with Gasteiger partial charge >= 0.3 is 0 Å². The summed E-state index contributed by atoms with van der Waals surface area (Å²) in [6, 6.07) is 15.9. The number of carbonyl (C=O) groups excluding carboxylic acids is 2. The number of fused-ring (bicyclic) bond motifs is 5. The minimum Gasteiger partial charge on any atom is -0.353 e. The molecule has 144 valence electrons. The van der Waals surface area contributed by atoms with Crippen LogP contribution in [0, 0.1) is 0 Å². The van der Waals surface area contributed by atoms with E-state index in [1.54, 1.807) is 0 Å². The van der Waals surface area contributed by atoms with E-state index in [4.69, 9.17) is 4.98 Å². The number of amides is 1. The number of benzene rings is 2. The molecule has 1 aliphatic rings. The first-order valence-corrected chi connectivity index (χ1v) is 9.92. The van der Waals surface area contributed by atoms with E-state index in [1.165, 1.54) is 6.92 Å². The highest BCUT2D eigenvalue weighted by atomic mass is 16.1. The second-order valence-corrected chi connectivity index (χ2v) is 7.63. The van der Waals surface area contributed by atoms with Gasteiger partial charge in [0.05, 0.1) is 16.9 Å². The summed E-state index contributed by atoms with van der Waals surface area (Å²) in [7, 11) is 0. The Morgan fingerprint density at radius 2 is 1.90 bits per heavy atom. The van der Waals surface area contributed by atoms with Gasteiger partial charge in [0.15, 0.2) is 5.78 Å². The number of hydrogen-bond donors (Lipinski definition) is 2. The predicted octanol–water partition coefficient (Wildman–Crippen LogP) is 4.78. The average molecular weight is 383 g/mol. The Balaban J connectivity index is 1.65. The topological polar surface area (TPSA) is 74.8 Å². The third kappa shape index (κ3) is 3.09. The van der Waals surface area contributed by atoms with E-state index < -0.39 is 0 Å². The Hall–Kier alpha value is -3.47. The fraction of sp³-hybridized carbons (Fsp3) is 0.208. The minimum atomic E-state index is -0.0847. The highest BCUT2D eigenvalue weighted by Crippen LogP contribution is 2.35. The molecule has 0 bridgehead atoms. The maximum atomic E-state index is 12.7. The van der Waals surface area contributed by atoms with E-state index in [0.29, 0.717) is 12.8 Å². The van der Waals surface area contributed by atoms with Crippen LogP contribution in [-0.4, -0.2) is 21.7 Å². The van der Waals surface area contributed by atoms with Crippen molar-refractivity contribution in [2.45, 2.75) is 32.6 Å². The first-order chi connectivity index (χ1) is 14.1. The number of anilines is 1. The number of H-pyrrole nitrogens is 1. The number of ketones is 1. The van der Waals surface area contributed by atoms with Gasteiger partial charge in [0.25, 0.3) is 0 Å². The van der Waals surface area contributed by atoms with Crippen LogP contribution in [0.1, 0.15) is 47.1 Å². The average Bonchev–Trinajstić information content (AvgIpc) is 3.09. The molecule has 1 aliphatic carbocycles. The molecule has 2 aromatic carbocycles. The molecule has 0 saturated carbocycles. The van der Waals surface area contributed by atoms with Gasteiger partial charge in [-0.2, -0.15) is 0 Å². The van der Waals surface area contributed by atoms with Crippen LogP contribution in [0.15, 0.2) is 48.5 Å². The second-order valence-electron chi connectivity index (χ2n) is 7.63. The molecule has 0 spiro atoms. The first kappa shape index (κ1) is 17.6. The van der Waals surface area contributed by atoms with Gasteiger partial charge in [-0.1, -0.05) is 30.3 Å². The molecule has 5 heteroatoms. The highest BCUT2D eigenvalue weighted by Gasteiger charge is 2.25. The molecule has 2 aromatic heterocycles. The number of carbonyl (C=O) groups is 2. The van der Waals surface area contributed by atoms with E-state index in [9.17, 15) is 9.59 Å². The Bertz CT molecular complexity index is 1270. The van der Waals surface area contributed by atoms with E-state index in [0.717, 1.165) is 62.8 Å². The van der Waals surface area contributed by atoms with Crippen LogP contribution in [-0.2, 0) is 17.6 Å². The van der Waals surface area contributed by atoms with Crippen molar-refractivity contribution >= 4 is 39.2 Å². The van der Waals surface area contributed by atoms with E-state index in [2.05, 4.69) is 16.4 Å². The third-order valence-electron chi connectivity index (χ3n) is 5.55. The maximum absolute atomic E-state index is 12.7. The van der Waals surface area contributed by atoms with Crippen LogP contribution >= 0.6 is 0 Å². The molecule has 0 unspecified atom stereocenters. The molecule has 29 heavy (non-hydrogen) atoms. The van der Waals surface area contributed by atoms with Crippen molar-refractivity contribution in [3.8, 4) is 0 Å². The lowest BCUT2D eigenvalue weighted by Gasteiger charge is -2.17. The van der Waals surface area contributed by atoms with Crippen molar-refractivity contribution in [3.05, 3.63) is 71.0 Å². The van der Waals surface area contributed by atoms with E-state index >= 15 is 0 Å². The monoisotopic (exact) mass is 383 g/mol. The molecule has 2 N–H and O–H groups in total. The van der Waals surface area contributed by atoms with Gasteiger partial charge in [0.2, 0.25) is 5.91 Å². The standard InChI is InChI=1S/C24H21N3O2/c1-14(28)25-16-11-9-15(10-12-16)13-20-24-22(17-5-2-3-6-18(17)27-24)23-19(26-20)7-4-8-21(23)29/h2-3,5-6,9-12,27H,4,7-8,13H2,1H3,(H,25,28). The lowest BCUT2D eigenvalue weighted by atomic mass is 9.90. The SMILES string of the molecule is CC(=O)Nc1ccc(Cc2nc3c(c4c2[nH]c2ccccc24)C(=O)CCC3)cc1. The van der Waals surface area contributed by atoms with Crippen LogP contribution in [0.3, 0.4) is 0 Å². The second kappa shape index (κ2) is 6.85. The van der Waals surface area contributed by atoms with Crippen LogP contribution in [0.25, 0.3) is 21.8 Å². The summed E-state index contributed by atoms with van der Waals surface area (Å²) in [5.74, 6) is 0.110. The zero-order chi connectivity index (χ0) is 20.0. The summed E-state index contributed by atoms with van der Waals surface area (Å²) < 4.78 is 0. The zero-order valence-corrected chi connectivity index (χ0v) is 16.2. The molecule has 5 rings (SSSR count). The summed E-state index contributed by atoms with van der Waals surface area (Å²) in [4.78, 5) is 32.4. The Morgan fingerprint density at radius 1 is 1.10 bits per heavy atom. The van der Waals surface area contributed by atoms with Gasteiger partial charge in [0.1, 0.15) is 0 Å². The van der Waals surface area contributed by atoms with Gasteiger partial charge in [-0.15, -0.1) is 0 Å². The lowest BCUT2D eigenvalue weighted by molar-refractivity contribution is -0.114. The number of nitrogens with zero attached hydrogens (tertiary/aromatic N) is 1. The quantitative estimate of drug-likeness (QED) is 0.534. The maximum Gasteiger partial charge on any atom is 0.221 e. The molecule has 2 heterocycles. The van der Waals surface area contributed by atoms with Gasteiger partial charge in [-0.3, -0.25) is 14.6 Å². The molecule has 4 aromatic rings. The fourth-order valence-corrected chi connectivity index (χ4v) is 4.29. The summed E-state index contributed by atoms with van der Waals surface area (Å²) >= 11 is 0. The molecule has 0 fully saturated rings. The Labute approximate surface area is 168 Å². The number of aromatic amines is 1. The van der Waals surface area contributed by atoms with Crippen LogP contribution in [0.2, 0.25) is 0 Å². The van der Waals surface area contributed by atoms with E-state index in [1.807, 2.05) is 42.5 Å². The number of aromatic nitrogens is 2.